The number of nitrogens with zero attached hydrogens (tertiary/aromatic N) is 1. The summed E-state index contributed by atoms with van der Waals surface area (Å²) in [5.74, 6) is 1.15. The van der Waals surface area contributed by atoms with Gasteiger partial charge in [0, 0.05) is 24.5 Å². The Bertz CT molecular complexity index is 1530. The van der Waals surface area contributed by atoms with Crippen LogP contribution in [-0.2, 0) is 5.54 Å². The van der Waals surface area contributed by atoms with Crippen LogP contribution in [0.15, 0.2) is 101 Å². The Morgan fingerprint density at radius 3 is 2.40 bits per heavy atom. The Morgan fingerprint density at radius 2 is 1.62 bits per heavy atom. The molecule has 1 amide bonds. The molecule has 4 aromatic carbocycles. The van der Waals surface area contributed by atoms with Crippen LogP contribution in [0.5, 0.6) is 11.5 Å². The zero-order valence-electron chi connectivity index (χ0n) is 24.3. The molecule has 218 valence electrons. The number of hydrogen-bond acceptors (Lipinski definition) is 8. The lowest BCUT2D eigenvalue weighted by atomic mass is 9.92. The van der Waals surface area contributed by atoms with Crippen LogP contribution in [0.3, 0.4) is 0 Å². The van der Waals surface area contributed by atoms with Gasteiger partial charge < -0.3 is 24.8 Å². The van der Waals surface area contributed by atoms with E-state index in [4.69, 9.17) is 9.47 Å². The van der Waals surface area contributed by atoms with E-state index in [2.05, 4.69) is 26.6 Å². The van der Waals surface area contributed by atoms with Crippen molar-refractivity contribution in [3.05, 3.63) is 107 Å². The van der Waals surface area contributed by atoms with Gasteiger partial charge in [-0.25, -0.2) is 0 Å². The first-order valence-electron chi connectivity index (χ1n) is 13.7. The molecule has 0 unspecified atom stereocenters. The molecule has 0 bridgehead atoms. The van der Waals surface area contributed by atoms with Crippen molar-refractivity contribution in [2.24, 2.45) is 5.18 Å². The maximum Gasteiger partial charge on any atom is 0.255 e. The van der Waals surface area contributed by atoms with Crippen LogP contribution in [0.1, 0.15) is 36.7 Å². The normalized spacial score (nSPS) is 11.0. The van der Waals surface area contributed by atoms with Gasteiger partial charge in [0.25, 0.3) is 5.91 Å². The SMILES string of the molecule is CCOc1ccc(-c2cccc(C(C)(C)N=O)c2)cc1SNc1cccc(NCCNC(=O)c2ccccc2OC)c1. The zero-order chi connectivity index (χ0) is 30.0. The van der Waals surface area contributed by atoms with Gasteiger partial charge in [-0.05, 0) is 97.9 Å². The van der Waals surface area contributed by atoms with Gasteiger partial charge in [0.05, 0.1) is 24.2 Å². The minimum Gasteiger partial charge on any atom is -0.496 e. The second-order valence-corrected chi connectivity index (χ2v) is 10.8. The van der Waals surface area contributed by atoms with E-state index in [9.17, 15) is 9.70 Å². The minimum atomic E-state index is -0.805. The Morgan fingerprint density at radius 1 is 0.857 bits per heavy atom. The number of benzene rings is 4. The molecule has 3 N–H and O–H groups in total. The van der Waals surface area contributed by atoms with Gasteiger partial charge in [-0.2, -0.15) is 0 Å². The summed E-state index contributed by atoms with van der Waals surface area (Å²) in [6.07, 6.45) is 0. The molecule has 8 nitrogen and oxygen atoms in total. The predicted octanol–water partition coefficient (Wildman–Crippen LogP) is 7.72. The van der Waals surface area contributed by atoms with Crippen molar-refractivity contribution in [1.29, 1.82) is 0 Å². The number of anilines is 2. The van der Waals surface area contributed by atoms with Gasteiger partial charge in [0.15, 0.2) is 0 Å². The molecule has 0 aliphatic carbocycles. The first kappa shape index (κ1) is 30.5. The van der Waals surface area contributed by atoms with Gasteiger partial charge in [0.2, 0.25) is 0 Å². The highest BCUT2D eigenvalue weighted by atomic mass is 32.2. The van der Waals surface area contributed by atoms with Crippen molar-refractivity contribution >= 4 is 29.2 Å². The average molecular weight is 585 g/mol. The van der Waals surface area contributed by atoms with Crippen molar-refractivity contribution in [3.8, 4) is 22.6 Å². The highest BCUT2D eigenvalue weighted by Gasteiger charge is 2.21. The van der Waals surface area contributed by atoms with Crippen LogP contribution in [-0.4, -0.2) is 32.7 Å². The van der Waals surface area contributed by atoms with Crippen molar-refractivity contribution in [3.63, 3.8) is 0 Å². The lowest BCUT2D eigenvalue weighted by Gasteiger charge is -2.17. The molecule has 0 heterocycles. The topological polar surface area (TPSA) is 101 Å². The van der Waals surface area contributed by atoms with Gasteiger partial charge in [-0.1, -0.05) is 47.6 Å². The highest BCUT2D eigenvalue weighted by Crippen LogP contribution is 2.36. The van der Waals surface area contributed by atoms with Crippen LogP contribution < -0.4 is 24.8 Å². The van der Waals surface area contributed by atoms with Crippen LogP contribution >= 0.6 is 11.9 Å². The van der Waals surface area contributed by atoms with E-state index in [1.165, 1.54) is 11.9 Å². The summed E-state index contributed by atoms with van der Waals surface area (Å²) in [5, 5.41) is 9.56. The second-order valence-electron chi connectivity index (χ2n) is 9.99. The number of rotatable bonds is 14. The maximum atomic E-state index is 12.5. The summed E-state index contributed by atoms with van der Waals surface area (Å²) in [4.78, 5) is 24.8. The van der Waals surface area contributed by atoms with E-state index in [1.807, 2.05) is 93.6 Å². The summed E-state index contributed by atoms with van der Waals surface area (Å²) in [6, 6.07) is 29.1. The number of carbonyl (C=O) groups is 1. The number of para-hydroxylation sites is 1. The first-order chi connectivity index (χ1) is 20.3. The zero-order valence-corrected chi connectivity index (χ0v) is 25.1. The molecule has 0 aliphatic heterocycles. The third-order valence-electron chi connectivity index (χ3n) is 6.61. The number of hydrogen-bond donors (Lipinski definition) is 3. The molecular weight excluding hydrogens is 548 g/mol. The van der Waals surface area contributed by atoms with Crippen molar-refractivity contribution in [1.82, 2.24) is 5.32 Å². The lowest BCUT2D eigenvalue weighted by molar-refractivity contribution is 0.0952. The van der Waals surface area contributed by atoms with Crippen LogP contribution in [0.4, 0.5) is 11.4 Å². The van der Waals surface area contributed by atoms with E-state index in [1.54, 1.807) is 19.2 Å². The maximum absolute atomic E-state index is 12.5. The minimum absolute atomic E-state index is 0.177. The summed E-state index contributed by atoms with van der Waals surface area (Å²) in [5.41, 5.74) is 4.41. The summed E-state index contributed by atoms with van der Waals surface area (Å²) in [7, 11) is 1.55. The molecule has 42 heavy (non-hydrogen) atoms. The number of amides is 1. The first-order valence-corrected chi connectivity index (χ1v) is 14.6. The molecule has 9 heteroatoms. The monoisotopic (exact) mass is 584 g/mol. The summed E-state index contributed by atoms with van der Waals surface area (Å²) >= 11 is 1.47. The Kier molecular flexibility index (Phi) is 10.4. The third kappa shape index (κ3) is 7.82. The van der Waals surface area contributed by atoms with Crippen LogP contribution in [0.25, 0.3) is 11.1 Å². The number of methoxy groups -OCH3 is 1. The molecule has 0 radical (unpaired) electrons. The molecule has 0 saturated carbocycles. The molecule has 0 atom stereocenters. The smallest absolute Gasteiger partial charge is 0.255 e. The van der Waals surface area contributed by atoms with E-state index < -0.39 is 5.54 Å². The molecule has 0 aliphatic rings. The largest absolute Gasteiger partial charge is 0.496 e. The fourth-order valence-corrected chi connectivity index (χ4v) is 5.06. The lowest BCUT2D eigenvalue weighted by Crippen LogP contribution is -2.29. The summed E-state index contributed by atoms with van der Waals surface area (Å²) in [6.45, 7) is 7.14. The molecule has 4 aromatic rings. The van der Waals surface area contributed by atoms with Gasteiger partial charge in [0.1, 0.15) is 17.0 Å². The Balaban J connectivity index is 1.39. The Hall–Kier alpha value is -4.50. The molecule has 0 saturated heterocycles. The van der Waals surface area contributed by atoms with Crippen molar-refractivity contribution < 1.29 is 14.3 Å². The third-order valence-corrected chi connectivity index (χ3v) is 7.48. The van der Waals surface area contributed by atoms with E-state index in [0.717, 1.165) is 38.7 Å². The standard InChI is InChI=1S/C33H36N4O4S/c1-5-41-30-17-16-24(23-10-8-11-25(20-23)33(2,3)37-39)21-31(30)42-36-27-13-9-12-26(22-27)34-18-19-35-32(38)28-14-6-7-15-29(28)40-4/h6-17,20-22,34,36H,5,18-19H2,1-4H3,(H,35,38). The molecule has 0 aromatic heterocycles. The highest BCUT2D eigenvalue weighted by molar-refractivity contribution is 8.00. The second kappa shape index (κ2) is 14.4. The molecule has 0 fully saturated rings. The molecule has 0 spiro atoms. The number of nitroso groups, excluding NO2 is 1. The van der Waals surface area contributed by atoms with Gasteiger partial charge in [-0.3, -0.25) is 4.79 Å². The molecule has 4 rings (SSSR count). The fourth-order valence-electron chi connectivity index (χ4n) is 4.29. The number of carbonyl (C=O) groups excluding carboxylic acids is 1. The molecular formula is C33H36N4O4S. The van der Waals surface area contributed by atoms with E-state index >= 15 is 0 Å². The quantitative estimate of drug-likeness (QED) is 0.0792. The van der Waals surface area contributed by atoms with Gasteiger partial charge >= 0.3 is 0 Å². The van der Waals surface area contributed by atoms with Crippen LogP contribution in [0.2, 0.25) is 0 Å². The van der Waals surface area contributed by atoms with E-state index in [-0.39, 0.29) is 5.91 Å². The van der Waals surface area contributed by atoms with E-state index in [0.29, 0.717) is 31.0 Å². The average Bonchev–Trinajstić information content (AvgIpc) is 3.03. The van der Waals surface area contributed by atoms with Crippen LogP contribution in [0, 0.1) is 4.91 Å². The number of ether oxygens (including phenoxy) is 2. The van der Waals surface area contributed by atoms with Gasteiger partial charge in [-0.15, -0.1) is 4.91 Å². The van der Waals surface area contributed by atoms with Crippen molar-refractivity contribution in [2.45, 2.75) is 31.2 Å². The summed E-state index contributed by atoms with van der Waals surface area (Å²) < 4.78 is 14.6. The predicted molar refractivity (Wildman–Crippen MR) is 172 cm³/mol. The number of nitrogens with one attached hydrogen (secondary N) is 3. The van der Waals surface area contributed by atoms with Crippen molar-refractivity contribution in [2.75, 3.05) is 36.8 Å². The fraction of sp³-hybridized carbons (Fsp3) is 0.242. The Labute approximate surface area is 251 Å².